The molecule has 0 aliphatic heterocycles. The zero-order chi connectivity index (χ0) is 15.5. The topological polar surface area (TPSA) is 42.0 Å². The Balaban J connectivity index is 1.63. The summed E-state index contributed by atoms with van der Waals surface area (Å²) in [5.74, 6) is -1.40. The minimum Gasteiger partial charge on any atom is -0.301 e. The van der Waals surface area contributed by atoms with Crippen LogP contribution in [0.25, 0.3) is 10.2 Å². The smallest absolute Gasteiger partial charge is 0.236 e. The first-order valence-electron chi connectivity index (χ1n) is 6.35. The van der Waals surface area contributed by atoms with Crippen LogP contribution in [0.3, 0.4) is 0 Å². The number of carbonyl (C=O) groups excluding carboxylic acids is 1. The Labute approximate surface area is 133 Å². The molecule has 0 aliphatic carbocycles. The Hall–Kier alpha value is -1.99. The summed E-state index contributed by atoms with van der Waals surface area (Å²) in [4.78, 5) is 16.3. The molecule has 7 heteroatoms. The molecule has 0 atom stereocenters. The monoisotopic (exact) mass is 336 g/mol. The van der Waals surface area contributed by atoms with Crippen molar-refractivity contribution in [1.82, 2.24) is 4.98 Å². The van der Waals surface area contributed by atoms with Crippen LogP contribution in [-0.2, 0) is 4.79 Å². The Kier molecular flexibility index (Phi) is 4.35. The van der Waals surface area contributed by atoms with Crippen LogP contribution >= 0.6 is 23.1 Å². The molecule has 0 bridgehead atoms. The molecule has 0 saturated carbocycles. The number of amides is 1. The number of thiazole rings is 1. The van der Waals surface area contributed by atoms with Crippen molar-refractivity contribution >= 4 is 44.4 Å². The maximum atomic E-state index is 13.5. The fourth-order valence-corrected chi connectivity index (χ4v) is 3.45. The molecule has 1 amide bonds. The van der Waals surface area contributed by atoms with Crippen LogP contribution < -0.4 is 5.32 Å². The Bertz CT molecular complexity index is 802. The van der Waals surface area contributed by atoms with E-state index >= 15 is 0 Å². The van der Waals surface area contributed by atoms with Crippen molar-refractivity contribution in [3.05, 3.63) is 54.1 Å². The molecule has 0 fully saturated rings. The third-order valence-corrected chi connectivity index (χ3v) is 4.77. The van der Waals surface area contributed by atoms with Gasteiger partial charge in [0.15, 0.2) is 5.13 Å². The molecule has 0 saturated heterocycles. The summed E-state index contributed by atoms with van der Waals surface area (Å²) < 4.78 is 27.5. The van der Waals surface area contributed by atoms with Crippen LogP contribution in [0.2, 0.25) is 0 Å². The van der Waals surface area contributed by atoms with Crippen LogP contribution in [0.1, 0.15) is 0 Å². The van der Waals surface area contributed by atoms with E-state index in [9.17, 15) is 13.6 Å². The van der Waals surface area contributed by atoms with E-state index < -0.39 is 11.6 Å². The number of halogens is 2. The third-order valence-electron chi connectivity index (χ3n) is 2.79. The molecule has 3 nitrogen and oxygen atoms in total. The molecule has 1 heterocycles. The van der Waals surface area contributed by atoms with Crippen molar-refractivity contribution in [3.8, 4) is 0 Å². The highest BCUT2D eigenvalue weighted by atomic mass is 32.2. The number of anilines is 1. The summed E-state index contributed by atoms with van der Waals surface area (Å²) in [6, 6.07) is 10.7. The molecule has 0 radical (unpaired) electrons. The van der Waals surface area contributed by atoms with Crippen molar-refractivity contribution in [1.29, 1.82) is 0 Å². The number of hydrogen-bond donors (Lipinski definition) is 1. The van der Waals surface area contributed by atoms with Gasteiger partial charge in [0.05, 0.1) is 16.0 Å². The molecule has 2 aromatic carbocycles. The van der Waals surface area contributed by atoms with E-state index in [0.29, 0.717) is 5.13 Å². The Morgan fingerprint density at radius 1 is 1.23 bits per heavy atom. The molecule has 1 N–H and O–H groups in total. The lowest BCUT2D eigenvalue weighted by atomic mass is 10.3. The van der Waals surface area contributed by atoms with Gasteiger partial charge in [0.25, 0.3) is 0 Å². The second-order valence-corrected chi connectivity index (χ2v) is 6.45. The van der Waals surface area contributed by atoms with Gasteiger partial charge in [0, 0.05) is 4.90 Å². The number of nitrogens with zero attached hydrogens (tertiary/aromatic N) is 1. The van der Waals surface area contributed by atoms with E-state index in [1.165, 1.54) is 11.3 Å². The maximum Gasteiger partial charge on any atom is 0.236 e. The molecule has 112 valence electrons. The van der Waals surface area contributed by atoms with Gasteiger partial charge in [-0.1, -0.05) is 23.5 Å². The average Bonchev–Trinajstić information content (AvgIpc) is 2.90. The van der Waals surface area contributed by atoms with Gasteiger partial charge < -0.3 is 5.32 Å². The number of nitrogens with one attached hydrogen (secondary N) is 1. The molecule has 22 heavy (non-hydrogen) atoms. The van der Waals surface area contributed by atoms with Gasteiger partial charge in [-0.05, 0) is 30.3 Å². The quantitative estimate of drug-likeness (QED) is 0.722. The van der Waals surface area contributed by atoms with E-state index in [2.05, 4.69) is 10.3 Å². The first-order chi connectivity index (χ1) is 10.6. The minimum absolute atomic E-state index is 0.0176. The molecular formula is C15H10F2N2OS2. The number of aromatic nitrogens is 1. The average molecular weight is 336 g/mol. The van der Waals surface area contributed by atoms with Gasteiger partial charge in [0.1, 0.15) is 11.6 Å². The number of carbonyl (C=O) groups is 1. The highest BCUT2D eigenvalue weighted by molar-refractivity contribution is 8.00. The minimum atomic E-state index is -0.542. The van der Waals surface area contributed by atoms with Crippen LogP contribution in [0.4, 0.5) is 13.9 Å². The van der Waals surface area contributed by atoms with Gasteiger partial charge in [-0.3, -0.25) is 4.79 Å². The maximum absolute atomic E-state index is 13.5. The Morgan fingerprint density at radius 2 is 2.05 bits per heavy atom. The number of rotatable bonds is 4. The fraction of sp³-hybridized carbons (Fsp3) is 0.0667. The van der Waals surface area contributed by atoms with Crippen molar-refractivity contribution in [2.24, 2.45) is 0 Å². The third kappa shape index (κ3) is 3.42. The van der Waals surface area contributed by atoms with Crippen LogP contribution in [0.5, 0.6) is 0 Å². The van der Waals surface area contributed by atoms with Gasteiger partial charge in [-0.25, -0.2) is 13.8 Å². The second kappa shape index (κ2) is 6.41. The number of para-hydroxylation sites is 1. The lowest BCUT2D eigenvalue weighted by Crippen LogP contribution is -2.13. The largest absolute Gasteiger partial charge is 0.301 e. The van der Waals surface area contributed by atoms with Crippen molar-refractivity contribution in [2.75, 3.05) is 11.1 Å². The van der Waals surface area contributed by atoms with Crippen LogP contribution in [0, 0.1) is 11.6 Å². The molecule has 0 unspecified atom stereocenters. The normalized spacial score (nSPS) is 10.8. The zero-order valence-corrected chi connectivity index (χ0v) is 12.8. The highest BCUT2D eigenvalue weighted by Gasteiger charge is 2.10. The van der Waals surface area contributed by atoms with Crippen LogP contribution in [-0.4, -0.2) is 16.6 Å². The summed E-state index contributed by atoms with van der Waals surface area (Å²) in [6.07, 6.45) is 0. The predicted molar refractivity (Wildman–Crippen MR) is 85.3 cm³/mol. The number of thioether (sulfide) groups is 1. The summed E-state index contributed by atoms with van der Waals surface area (Å²) >= 11 is 2.31. The number of benzene rings is 2. The summed E-state index contributed by atoms with van der Waals surface area (Å²) in [7, 11) is 0. The molecule has 0 spiro atoms. The predicted octanol–water partition coefficient (Wildman–Crippen LogP) is 4.31. The van der Waals surface area contributed by atoms with E-state index in [-0.39, 0.29) is 16.6 Å². The second-order valence-electron chi connectivity index (χ2n) is 4.40. The summed E-state index contributed by atoms with van der Waals surface area (Å²) in [6.45, 7) is 0. The van der Waals surface area contributed by atoms with E-state index in [4.69, 9.17) is 0 Å². The Morgan fingerprint density at radius 3 is 2.86 bits per heavy atom. The van der Waals surface area contributed by atoms with E-state index in [1.807, 2.05) is 24.3 Å². The summed E-state index contributed by atoms with van der Waals surface area (Å²) in [5, 5.41) is 3.16. The van der Waals surface area contributed by atoms with Crippen molar-refractivity contribution < 1.29 is 13.6 Å². The number of fused-ring (bicyclic) bond motifs is 1. The molecular weight excluding hydrogens is 326 g/mol. The van der Waals surface area contributed by atoms with Gasteiger partial charge in [-0.15, -0.1) is 11.8 Å². The highest BCUT2D eigenvalue weighted by Crippen LogP contribution is 2.26. The molecule has 3 aromatic rings. The molecule has 0 aliphatic rings. The van der Waals surface area contributed by atoms with Gasteiger partial charge in [-0.2, -0.15) is 0 Å². The lowest BCUT2D eigenvalue weighted by molar-refractivity contribution is -0.113. The lowest BCUT2D eigenvalue weighted by Gasteiger charge is -2.03. The first kappa shape index (κ1) is 14.9. The zero-order valence-electron chi connectivity index (χ0n) is 11.2. The van der Waals surface area contributed by atoms with Crippen molar-refractivity contribution in [3.63, 3.8) is 0 Å². The van der Waals surface area contributed by atoms with E-state index in [1.54, 1.807) is 0 Å². The summed E-state index contributed by atoms with van der Waals surface area (Å²) in [5.41, 5.74) is 0.812. The van der Waals surface area contributed by atoms with Crippen LogP contribution in [0.15, 0.2) is 47.4 Å². The first-order valence-corrected chi connectivity index (χ1v) is 8.15. The van der Waals surface area contributed by atoms with Crippen molar-refractivity contribution in [2.45, 2.75) is 4.90 Å². The number of hydrogen-bond acceptors (Lipinski definition) is 4. The van der Waals surface area contributed by atoms with Gasteiger partial charge >= 0.3 is 0 Å². The SMILES string of the molecule is O=C(CSc1cc(F)ccc1F)Nc1nc2ccccc2s1. The standard InChI is InChI=1S/C15H10F2N2OS2/c16-9-5-6-10(17)13(7-9)21-8-14(20)19-15-18-11-3-1-2-4-12(11)22-15/h1-7H,8H2,(H,18,19,20). The molecule has 1 aromatic heterocycles. The van der Waals surface area contributed by atoms with E-state index in [0.717, 1.165) is 40.2 Å². The molecule has 3 rings (SSSR count). The fourth-order valence-electron chi connectivity index (χ4n) is 1.81. The van der Waals surface area contributed by atoms with Gasteiger partial charge in [0.2, 0.25) is 5.91 Å².